The maximum absolute atomic E-state index is 9.74. The van der Waals surface area contributed by atoms with Gasteiger partial charge in [0.2, 0.25) is 0 Å². The molecule has 0 bridgehead atoms. The summed E-state index contributed by atoms with van der Waals surface area (Å²) >= 11 is 1.74. The third-order valence-corrected chi connectivity index (χ3v) is 3.77. The first-order valence-electron chi connectivity index (χ1n) is 6.14. The quantitative estimate of drug-likeness (QED) is 0.607. The van der Waals surface area contributed by atoms with Crippen molar-refractivity contribution in [2.75, 3.05) is 11.1 Å². The fourth-order valence-corrected chi connectivity index (χ4v) is 2.51. The number of hydrogen-bond acceptors (Lipinski definition) is 3. The van der Waals surface area contributed by atoms with Crippen LogP contribution in [0.5, 0.6) is 5.75 Å². The lowest BCUT2D eigenvalue weighted by Crippen LogP contribution is -2.00. The van der Waals surface area contributed by atoms with E-state index in [1.807, 2.05) is 42.5 Å². The Kier molecular flexibility index (Phi) is 4.93. The van der Waals surface area contributed by atoms with Gasteiger partial charge in [-0.3, -0.25) is 0 Å². The first kappa shape index (κ1) is 13.6. The summed E-state index contributed by atoms with van der Waals surface area (Å²) < 4.78 is 0. The predicted molar refractivity (Wildman–Crippen MR) is 82.8 cm³/mol. The first-order chi connectivity index (χ1) is 9.31. The molecule has 2 nitrogen and oxygen atoms in total. The van der Waals surface area contributed by atoms with Crippen molar-refractivity contribution < 1.29 is 5.11 Å². The number of anilines is 1. The Morgan fingerprint density at radius 1 is 1.11 bits per heavy atom. The van der Waals surface area contributed by atoms with Gasteiger partial charge in [-0.05, 0) is 18.2 Å². The van der Waals surface area contributed by atoms with E-state index >= 15 is 0 Å². The third kappa shape index (κ3) is 3.80. The average molecular weight is 271 g/mol. The minimum atomic E-state index is 0.325. The highest BCUT2D eigenvalue weighted by Gasteiger charge is 2.03. The van der Waals surface area contributed by atoms with Gasteiger partial charge in [0.15, 0.2) is 0 Å². The summed E-state index contributed by atoms with van der Waals surface area (Å²) in [4.78, 5) is 1.19. The Bertz CT molecular complexity index is 554. The van der Waals surface area contributed by atoms with Crippen LogP contribution in [0, 0.1) is 0 Å². The van der Waals surface area contributed by atoms with Gasteiger partial charge < -0.3 is 10.4 Å². The summed E-state index contributed by atoms with van der Waals surface area (Å²) in [7, 11) is 0. The van der Waals surface area contributed by atoms with E-state index in [2.05, 4.69) is 18.0 Å². The van der Waals surface area contributed by atoms with Crippen molar-refractivity contribution in [3.05, 3.63) is 66.7 Å². The van der Waals surface area contributed by atoms with E-state index < -0.39 is 0 Å². The molecule has 0 spiro atoms. The standard InChI is InChI=1S/C16H17NOS/c1-2-11-19-16-10-6-4-8-14(16)17-12-13-7-3-5-9-15(13)18/h2-10,17-18H,1,11-12H2. The van der Waals surface area contributed by atoms with E-state index in [1.165, 1.54) is 4.90 Å². The van der Waals surface area contributed by atoms with Crippen LogP contribution in [0.1, 0.15) is 5.56 Å². The minimum absolute atomic E-state index is 0.325. The molecule has 2 N–H and O–H groups in total. The molecule has 2 aromatic rings. The van der Waals surface area contributed by atoms with Crippen LogP contribution in [0.15, 0.2) is 66.1 Å². The third-order valence-electron chi connectivity index (χ3n) is 2.70. The van der Waals surface area contributed by atoms with Gasteiger partial charge in [0, 0.05) is 28.4 Å². The van der Waals surface area contributed by atoms with Crippen molar-refractivity contribution in [3.63, 3.8) is 0 Å². The molecule has 0 amide bonds. The fraction of sp³-hybridized carbons (Fsp3) is 0.125. The Hall–Kier alpha value is -1.87. The topological polar surface area (TPSA) is 32.3 Å². The summed E-state index contributed by atoms with van der Waals surface area (Å²) in [5, 5.41) is 13.1. The molecule has 3 heteroatoms. The van der Waals surface area contributed by atoms with Gasteiger partial charge >= 0.3 is 0 Å². The fourth-order valence-electron chi connectivity index (χ4n) is 1.74. The number of thioether (sulfide) groups is 1. The van der Waals surface area contributed by atoms with E-state index in [-0.39, 0.29) is 0 Å². The van der Waals surface area contributed by atoms with Gasteiger partial charge in [-0.25, -0.2) is 0 Å². The lowest BCUT2D eigenvalue weighted by atomic mass is 10.2. The molecule has 19 heavy (non-hydrogen) atoms. The van der Waals surface area contributed by atoms with Crippen molar-refractivity contribution in [1.29, 1.82) is 0 Å². The zero-order valence-corrected chi connectivity index (χ0v) is 11.5. The molecule has 0 saturated carbocycles. The molecule has 0 atom stereocenters. The maximum atomic E-state index is 9.74. The number of rotatable bonds is 6. The first-order valence-corrected chi connectivity index (χ1v) is 7.13. The molecule has 2 rings (SSSR count). The largest absolute Gasteiger partial charge is 0.508 e. The molecular formula is C16H17NOS. The second kappa shape index (κ2) is 6.90. The highest BCUT2D eigenvalue weighted by Crippen LogP contribution is 2.28. The Morgan fingerprint density at radius 3 is 2.63 bits per heavy atom. The van der Waals surface area contributed by atoms with Crippen LogP contribution in [0.2, 0.25) is 0 Å². The van der Waals surface area contributed by atoms with Crippen molar-refractivity contribution >= 4 is 17.4 Å². The molecule has 0 aliphatic carbocycles. The second-order valence-corrected chi connectivity index (χ2v) is 5.14. The molecule has 98 valence electrons. The van der Waals surface area contributed by atoms with Crippen molar-refractivity contribution in [1.82, 2.24) is 0 Å². The lowest BCUT2D eigenvalue weighted by molar-refractivity contribution is 0.469. The van der Waals surface area contributed by atoms with E-state index in [4.69, 9.17) is 0 Å². The van der Waals surface area contributed by atoms with Gasteiger partial charge in [0.1, 0.15) is 5.75 Å². The van der Waals surface area contributed by atoms with Crippen LogP contribution in [0.25, 0.3) is 0 Å². The smallest absolute Gasteiger partial charge is 0.120 e. The molecule has 0 fully saturated rings. The Labute approximate surface area is 118 Å². The van der Waals surface area contributed by atoms with Gasteiger partial charge in [-0.15, -0.1) is 18.3 Å². The van der Waals surface area contributed by atoms with E-state index in [0.717, 1.165) is 17.0 Å². The molecule has 2 aromatic carbocycles. The molecule has 0 aromatic heterocycles. The zero-order valence-electron chi connectivity index (χ0n) is 10.7. The van der Waals surface area contributed by atoms with E-state index in [0.29, 0.717) is 12.3 Å². The number of aromatic hydroxyl groups is 1. The Morgan fingerprint density at radius 2 is 1.84 bits per heavy atom. The summed E-state index contributed by atoms with van der Waals surface area (Å²) in [6.45, 7) is 4.35. The van der Waals surface area contributed by atoms with Gasteiger partial charge in [-0.2, -0.15) is 0 Å². The predicted octanol–water partition coefficient (Wildman–Crippen LogP) is 4.28. The number of nitrogens with one attached hydrogen (secondary N) is 1. The second-order valence-electron chi connectivity index (χ2n) is 4.08. The SMILES string of the molecule is C=CCSc1ccccc1NCc1ccccc1O. The van der Waals surface area contributed by atoms with Crippen LogP contribution in [0.3, 0.4) is 0 Å². The van der Waals surface area contributed by atoms with Crippen molar-refractivity contribution in [3.8, 4) is 5.75 Å². The highest BCUT2D eigenvalue weighted by molar-refractivity contribution is 7.99. The number of phenols is 1. The summed E-state index contributed by atoms with van der Waals surface area (Å²) in [6, 6.07) is 15.5. The zero-order chi connectivity index (χ0) is 13.5. The Balaban J connectivity index is 2.07. The lowest BCUT2D eigenvalue weighted by Gasteiger charge is -2.11. The van der Waals surface area contributed by atoms with E-state index in [9.17, 15) is 5.11 Å². The monoisotopic (exact) mass is 271 g/mol. The van der Waals surface area contributed by atoms with Gasteiger partial charge in [-0.1, -0.05) is 36.4 Å². The number of phenolic OH excluding ortho intramolecular Hbond substituents is 1. The molecule has 0 heterocycles. The average Bonchev–Trinajstić information content (AvgIpc) is 2.45. The normalized spacial score (nSPS) is 10.1. The molecule has 0 saturated heterocycles. The highest BCUT2D eigenvalue weighted by atomic mass is 32.2. The van der Waals surface area contributed by atoms with Crippen LogP contribution in [0.4, 0.5) is 5.69 Å². The molecule has 0 radical (unpaired) electrons. The van der Waals surface area contributed by atoms with E-state index in [1.54, 1.807) is 17.8 Å². The molecule has 0 aliphatic heterocycles. The number of para-hydroxylation sites is 2. The van der Waals surface area contributed by atoms with Crippen molar-refractivity contribution in [2.24, 2.45) is 0 Å². The summed E-state index contributed by atoms with van der Waals surface area (Å²) in [6.07, 6.45) is 1.89. The van der Waals surface area contributed by atoms with Crippen LogP contribution in [-0.4, -0.2) is 10.9 Å². The van der Waals surface area contributed by atoms with Crippen LogP contribution in [-0.2, 0) is 6.54 Å². The molecular weight excluding hydrogens is 254 g/mol. The number of hydrogen-bond donors (Lipinski definition) is 2. The minimum Gasteiger partial charge on any atom is -0.508 e. The van der Waals surface area contributed by atoms with Crippen LogP contribution >= 0.6 is 11.8 Å². The summed E-state index contributed by atoms with van der Waals surface area (Å²) in [5.74, 6) is 1.21. The van der Waals surface area contributed by atoms with Crippen molar-refractivity contribution in [2.45, 2.75) is 11.4 Å². The van der Waals surface area contributed by atoms with Gasteiger partial charge in [0.25, 0.3) is 0 Å². The molecule has 0 unspecified atom stereocenters. The number of benzene rings is 2. The molecule has 0 aliphatic rings. The van der Waals surface area contributed by atoms with Gasteiger partial charge in [0.05, 0.1) is 0 Å². The van der Waals surface area contributed by atoms with Crippen LogP contribution < -0.4 is 5.32 Å². The summed E-state index contributed by atoms with van der Waals surface area (Å²) in [5.41, 5.74) is 1.98. The maximum Gasteiger partial charge on any atom is 0.120 e.